The lowest BCUT2D eigenvalue weighted by Crippen LogP contribution is -2.13. The van der Waals surface area contributed by atoms with Gasteiger partial charge in [-0.25, -0.2) is 4.39 Å². The van der Waals surface area contributed by atoms with E-state index in [2.05, 4.69) is 5.32 Å². The Kier molecular flexibility index (Phi) is 6.15. The van der Waals surface area contributed by atoms with Crippen LogP contribution in [0.15, 0.2) is 48.0 Å². The van der Waals surface area contributed by atoms with Crippen molar-refractivity contribution in [1.82, 2.24) is 0 Å². The summed E-state index contributed by atoms with van der Waals surface area (Å²) in [5.41, 5.74) is 0.782. The molecule has 1 N–H and O–H groups in total. The molecule has 6 heteroatoms. The fraction of sp³-hybridized carbons (Fsp3) is 0.158. The van der Waals surface area contributed by atoms with Gasteiger partial charge in [0.2, 0.25) is 0 Å². The molecule has 0 unspecified atom stereocenters. The summed E-state index contributed by atoms with van der Waals surface area (Å²) < 4.78 is 18.6. The van der Waals surface area contributed by atoms with Crippen molar-refractivity contribution in [2.24, 2.45) is 0 Å². The number of amides is 1. The van der Waals surface area contributed by atoms with E-state index in [0.29, 0.717) is 22.0 Å². The number of rotatable bonds is 5. The van der Waals surface area contributed by atoms with Gasteiger partial charge in [0, 0.05) is 16.3 Å². The third-order valence-corrected chi connectivity index (χ3v) is 3.34. The number of hydrogen-bond acceptors (Lipinski definition) is 3. The lowest BCUT2D eigenvalue weighted by atomic mass is 10.1. The van der Waals surface area contributed by atoms with Gasteiger partial charge >= 0.3 is 0 Å². The number of carbonyl (C=O) groups excluding carboxylic acids is 1. The molecular formula is C19H16ClFN2O2. The van der Waals surface area contributed by atoms with Gasteiger partial charge in [0.05, 0.1) is 6.10 Å². The standard InChI is InChI=1S/C19H16ClFN2O2/c1-12(2)25-18-8-3-15(20)10-13(18)9-14(11-22)19(24)23-17-6-4-16(21)5-7-17/h3-10,12H,1-2H3,(H,23,24)/b14-9+. The minimum absolute atomic E-state index is 0.0769. The normalized spacial score (nSPS) is 11.1. The lowest BCUT2D eigenvalue weighted by molar-refractivity contribution is -0.112. The first kappa shape index (κ1) is 18.5. The summed E-state index contributed by atoms with van der Waals surface area (Å²) in [5.74, 6) is -0.505. The van der Waals surface area contributed by atoms with E-state index in [1.54, 1.807) is 18.2 Å². The van der Waals surface area contributed by atoms with Crippen molar-refractivity contribution in [1.29, 1.82) is 5.26 Å². The summed E-state index contributed by atoms with van der Waals surface area (Å²) in [4.78, 5) is 12.3. The van der Waals surface area contributed by atoms with E-state index in [-0.39, 0.29) is 11.7 Å². The van der Waals surface area contributed by atoms with E-state index in [1.165, 1.54) is 30.3 Å². The summed E-state index contributed by atoms with van der Waals surface area (Å²) in [6, 6.07) is 12.1. The maximum Gasteiger partial charge on any atom is 0.266 e. The maximum atomic E-state index is 12.9. The van der Waals surface area contributed by atoms with E-state index in [0.717, 1.165) is 0 Å². The number of ether oxygens (including phenoxy) is 1. The first-order valence-electron chi connectivity index (χ1n) is 7.54. The molecule has 2 aromatic rings. The topological polar surface area (TPSA) is 62.1 Å². The van der Waals surface area contributed by atoms with E-state index in [9.17, 15) is 14.4 Å². The second-order valence-electron chi connectivity index (χ2n) is 5.48. The molecule has 0 bridgehead atoms. The van der Waals surface area contributed by atoms with E-state index in [1.807, 2.05) is 19.9 Å². The monoisotopic (exact) mass is 358 g/mol. The number of halogens is 2. The molecule has 0 aromatic heterocycles. The van der Waals surface area contributed by atoms with Crippen LogP contribution in [-0.2, 0) is 4.79 Å². The Morgan fingerprint density at radius 3 is 2.56 bits per heavy atom. The Morgan fingerprint density at radius 2 is 1.96 bits per heavy atom. The molecule has 1 amide bonds. The summed E-state index contributed by atoms with van der Waals surface area (Å²) in [6.07, 6.45) is 1.33. The fourth-order valence-corrected chi connectivity index (χ4v) is 2.21. The van der Waals surface area contributed by atoms with E-state index < -0.39 is 11.7 Å². The first-order chi connectivity index (χ1) is 11.9. The second-order valence-corrected chi connectivity index (χ2v) is 5.92. The molecule has 0 aliphatic heterocycles. The van der Waals surface area contributed by atoms with Crippen LogP contribution in [0.25, 0.3) is 6.08 Å². The quantitative estimate of drug-likeness (QED) is 0.616. The number of nitrogens with zero attached hydrogens (tertiary/aromatic N) is 1. The zero-order valence-corrected chi connectivity index (χ0v) is 14.5. The molecule has 2 rings (SSSR count). The molecule has 0 aliphatic carbocycles. The van der Waals surface area contributed by atoms with Gasteiger partial charge in [0.1, 0.15) is 23.2 Å². The first-order valence-corrected chi connectivity index (χ1v) is 7.91. The van der Waals surface area contributed by atoms with Gasteiger partial charge in [-0.3, -0.25) is 4.79 Å². The average Bonchev–Trinajstić information content (AvgIpc) is 2.56. The zero-order valence-electron chi connectivity index (χ0n) is 13.7. The number of carbonyl (C=O) groups is 1. The summed E-state index contributed by atoms with van der Waals surface area (Å²) in [6.45, 7) is 3.74. The van der Waals surface area contributed by atoms with Crippen molar-refractivity contribution in [3.8, 4) is 11.8 Å². The van der Waals surface area contributed by atoms with Gasteiger partial charge in [-0.15, -0.1) is 0 Å². The molecule has 0 heterocycles. The predicted octanol–water partition coefficient (Wildman–Crippen LogP) is 4.81. The number of nitrogens with one attached hydrogen (secondary N) is 1. The zero-order chi connectivity index (χ0) is 18.4. The number of anilines is 1. The van der Waals surface area contributed by atoms with Gasteiger partial charge in [0.25, 0.3) is 5.91 Å². The van der Waals surface area contributed by atoms with Crippen molar-refractivity contribution >= 4 is 29.3 Å². The summed E-state index contributed by atoms with van der Waals surface area (Å²) in [7, 11) is 0. The highest BCUT2D eigenvalue weighted by atomic mass is 35.5. The molecule has 0 saturated heterocycles. The minimum Gasteiger partial charge on any atom is -0.490 e. The van der Waals surface area contributed by atoms with Crippen molar-refractivity contribution in [2.45, 2.75) is 20.0 Å². The Bertz CT molecular complexity index is 839. The molecule has 0 saturated carbocycles. The summed E-state index contributed by atoms with van der Waals surface area (Å²) in [5, 5.41) is 12.3. The molecule has 0 fully saturated rings. The third kappa shape index (κ3) is 5.33. The molecule has 0 atom stereocenters. The molecule has 0 radical (unpaired) electrons. The molecule has 2 aromatic carbocycles. The van der Waals surface area contributed by atoms with Crippen LogP contribution in [0.1, 0.15) is 19.4 Å². The lowest BCUT2D eigenvalue weighted by Gasteiger charge is -2.13. The molecule has 4 nitrogen and oxygen atoms in total. The van der Waals surface area contributed by atoms with Gasteiger partial charge in [-0.05, 0) is 62.4 Å². The molecule has 128 valence electrons. The second kappa shape index (κ2) is 8.32. The van der Waals surface area contributed by atoms with Crippen molar-refractivity contribution in [3.05, 3.63) is 64.4 Å². The largest absolute Gasteiger partial charge is 0.490 e. The van der Waals surface area contributed by atoms with Crippen molar-refractivity contribution in [3.63, 3.8) is 0 Å². The third-order valence-electron chi connectivity index (χ3n) is 3.10. The highest BCUT2D eigenvalue weighted by Crippen LogP contribution is 2.26. The van der Waals surface area contributed by atoms with Crippen LogP contribution in [-0.4, -0.2) is 12.0 Å². The van der Waals surface area contributed by atoms with Crippen LogP contribution < -0.4 is 10.1 Å². The van der Waals surface area contributed by atoms with Crippen LogP contribution in [0.5, 0.6) is 5.75 Å². The van der Waals surface area contributed by atoms with Crippen LogP contribution >= 0.6 is 11.6 Å². The Morgan fingerprint density at radius 1 is 1.28 bits per heavy atom. The van der Waals surface area contributed by atoms with Crippen LogP contribution in [0.3, 0.4) is 0 Å². The molecule has 25 heavy (non-hydrogen) atoms. The van der Waals surface area contributed by atoms with Crippen LogP contribution in [0.4, 0.5) is 10.1 Å². The van der Waals surface area contributed by atoms with Gasteiger partial charge in [-0.1, -0.05) is 11.6 Å². The smallest absolute Gasteiger partial charge is 0.266 e. The van der Waals surface area contributed by atoms with Crippen LogP contribution in [0.2, 0.25) is 5.02 Å². The van der Waals surface area contributed by atoms with Crippen molar-refractivity contribution < 1.29 is 13.9 Å². The Balaban J connectivity index is 2.30. The number of nitriles is 1. The van der Waals surface area contributed by atoms with Gasteiger partial charge < -0.3 is 10.1 Å². The summed E-state index contributed by atoms with van der Waals surface area (Å²) >= 11 is 6.00. The van der Waals surface area contributed by atoms with Gasteiger partial charge in [0.15, 0.2) is 0 Å². The van der Waals surface area contributed by atoms with E-state index >= 15 is 0 Å². The van der Waals surface area contributed by atoms with E-state index in [4.69, 9.17) is 16.3 Å². The Labute approximate surface area is 150 Å². The average molecular weight is 359 g/mol. The predicted molar refractivity (Wildman–Crippen MR) is 95.8 cm³/mol. The highest BCUT2D eigenvalue weighted by molar-refractivity contribution is 6.30. The van der Waals surface area contributed by atoms with Crippen molar-refractivity contribution in [2.75, 3.05) is 5.32 Å². The minimum atomic E-state index is -0.607. The fourth-order valence-electron chi connectivity index (χ4n) is 2.03. The number of benzene rings is 2. The molecular weight excluding hydrogens is 343 g/mol. The van der Waals surface area contributed by atoms with Gasteiger partial charge in [-0.2, -0.15) is 5.26 Å². The van der Waals surface area contributed by atoms with Crippen LogP contribution in [0, 0.1) is 17.1 Å². The maximum absolute atomic E-state index is 12.9. The highest BCUT2D eigenvalue weighted by Gasteiger charge is 2.12. The SMILES string of the molecule is CC(C)Oc1ccc(Cl)cc1/C=C(\C#N)C(=O)Nc1ccc(F)cc1. The molecule has 0 aliphatic rings. The Hall–Kier alpha value is -2.84. The number of hydrogen-bond donors (Lipinski definition) is 1. The molecule has 0 spiro atoms.